The molecule has 1 heterocycles. The molecule has 0 bridgehead atoms. The summed E-state index contributed by atoms with van der Waals surface area (Å²) < 4.78 is 45.3. The van der Waals surface area contributed by atoms with Crippen LogP contribution < -0.4 is 4.72 Å². The fraction of sp³-hybridized carbons (Fsp3) is 0.533. The van der Waals surface area contributed by atoms with Crippen molar-refractivity contribution in [2.24, 2.45) is 0 Å². The van der Waals surface area contributed by atoms with Gasteiger partial charge in [0.05, 0.1) is 23.1 Å². The Balaban J connectivity index is 2.06. The first-order valence-corrected chi connectivity index (χ1v) is 8.89. The standard InChI is InChI=1S/C15H21FN2O4S/c1-10-8-18(9-11(2)22-10)15(19)12(3)17-23(20,21)14-6-4-13(16)5-7-14/h4-7,10-12,17H,8-9H2,1-3H3/t10-,11-,12-/m1/s1. The topological polar surface area (TPSA) is 75.7 Å². The zero-order valence-electron chi connectivity index (χ0n) is 13.3. The molecule has 6 nitrogen and oxygen atoms in total. The quantitative estimate of drug-likeness (QED) is 0.888. The van der Waals surface area contributed by atoms with Crippen LogP contribution in [0.1, 0.15) is 20.8 Å². The van der Waals surface area contributed by atoms with E-state index in [2.05, 4.69) is 4.72 Å². The van der Waals surface area contributed by atoms with Crippen LogP contribution in [-0.4, -0.2) is 50.6 Å². The lowest BCUT2D eigenvalue weighted by atomic mass is 10.2. The second-order valence-electron chi connectivity index (χ2n) is 5.80. The van der Waals surface area contributed by atoms with Crippen LogP contribution in [0.4, 0.5) is 4.39 Å². The molecule has 0 unspecified atom stereocenters. The molecule has 3 atom stereocenters. The summed E-state index contributed by atoms with van der Waals surface area (Å²) in [7, 11) is -3.88. The highest BCUT2D eigenvalue weighted by molar-refractivity contribution is 7.89. The molecule has 1 saturated heterocycles. The lowest BCUT2D eigenvalue weighted by Gasteiger charge is -2.36. The van der Waals surface area contributed by atoms with E-state index in [4.69, 9.17) is 4.74 Å². The highest BCUT2D eigenvalue weighted by Gasteiger charge is 2.30. The largest absolute Gasteiger partial charge is 0.372 e. The second-order valence-corrected chi connectivity index (χ2v) is 7.51. The molecule has 1 aliphatic heterocycles. The lowest BCUT2D eigenvalue weighted by molar-refractivity contribution is -0.144. The van der Waals surface area contributed by atoms with E-state index in [1.165, 1.54) is 6.92 Å². The van der Waals surface area contributed by atoms with Crippen molar-refractivity contribution in [1.82, 2.24) is 9.62 Å². The van der Waals surface area contributed by atoms with E-state index in [1.54, 1.807) is 4.90 Å². The molecule has 23 heavy (non-hydrogen) atoms. The number of hydrogen-bond donors (Lipinski definition) is 1. The summed E-state index contributed by atoms with van der Waals surface area (Å²) >= 11 is 0. The van der Waals surface area contributed by atoms with Crippen LogP contribution in [0.5, 0.6) is 0 Å². The third-order valence-corrected chi connectivity index (χ3v) is 5.11. The summed E-state index contributed by atoms with van der Waals surface area (Å²) in [6.45, 7) is 6.07. The number of nitrogens with one attached hydrogen (secondary N) is 1. The third-order valence-electron chi connectivity index (χ3n) is 3.56. The number of carbonyl (C=O) groups is 1. The molecule has 1 aromatic carbocycles. The average Bonchev–Trinajstić information content (AvgIpc) is 2.45. The van der Waals surface area contributed by atoms with Gasteiger partial charge in [-0.05, 0) is 45.0 Å². The highest BCUT2D eigenvalue weighted by Crippen LogP contribution is 2.14. The Morgan fingerprint density at radius 2 is 1.78 bits per heavy atom. The normalized spacial score (nSPS) is 23.6. The highest BCUT2D eigenvalue weighted by atomic mass is 32.2. The number of ether oxygens (including phenoxy) is 1. The Labute approximate surface area is 135 Å². The number of hydrogen-bond acceptors (Lipinski definition) is 4. The molecule has 1 amide bonds. The molecule has 1 fully saturated rings. The number of benzene rings is 1. The number of amides is 1. The molecule has 2 rings (SSSR count). The van der Waals surface area contributed by atoms with Crippen LogP contribution in [-0.2, 0) is 19.6 Å². The molecule has 0 radical (unpaired) electrons. The lowest BCUT2D eigenvalue weighted by Crippen LogP contribution is -2.54. The Morgan fingerprint density at radius 1 is 1.26 bits per heavy atom. The van der Waals surface area contributed by atoms with Gasteiger partial charge < -0.3 is 9.64 Å². The summed E-state index contributed by atoms with van der Waals surface area (Å²) in [5.41, 5.74) is 0. The van der Waals surface area contributed by atoms with Crippen molar-refractivity contribution < 1.29 is 22.3 Å². The predicted molar refractivity (Wildman–Crippen MR) is 82.8 cm³/mol. The molecule has 0 spiro atoms. The number of carbonyl (C=O) groups excluding carboxylic acids is 1. The van der Waals surface area contributed by atoms with E-state index in [-0.39, 0.29) is 23.0 Å². The third kappa shape index (κ3) is 4.49. The zero-order valence-corrected chi connectivity index (χ0v) is 14.1. The van der Waals surface area contributed by atoms with E-state index >= 15 is 0 Å². The minimum atomic E-state index is -3.88. The summed E-state index contributed by atoms with van der Waals surface area (Å²) in [4.78, 5) is 13.9. The molecule has 0 aliphatic carbocycles. The Bertz CT molecular complexity index is 653. The minimum Gasteiger partial charge on any atom is -0.372 e. The van der Waals surface area contributed by atoms with E-state index in [0.717, 1.165) is 24.3 Å². The van der Waals surface area contributed by atoms with E-state index in [1.807, 2.05) is 13.8 Å². The van der Waals surface area contributed by atoms with Gasteiger partial charge in [-0.1, -0.05) is 0 Å². The predicted octanol–water partition coefficient (Wildman–Crippen LogP) is 1.13. The van der Waals surface area contributed by atoms with E-state index < -0.39 is 21.9 Å². The number of rotatable bonds is 4. The monoisotopic (exact) mass is 344 g/mol. The zero-order chi connectivity index (χ0) is 17.2. The van der Waals surface area contributed by atoms with Crippen molar-refractivity contribution in [3.63, 3.8) is 0 Å². The second kappa shape index (κ2) is 6.94. The maximum atomic E-state index is 12.9. The molecular formula is C15H21FN2O4S. The van der Waals surface area contributed by atoms with Crippen LogP contribution in [0.15, 0.2) is 29.2 Å². The van der Waals surface area contributed by atoms with E-state index in [0.29, 0.717) is 13.1 Å². The molecule has 1 aliphatic rings. The molecule has 1 aromatic rings. The van der Waals surface area contributed by atoms with Crippen LogP contribution >= 0.6 is 0 Å². The van der Waals surface area contributed by atoms with Crippen molar-refractivity contribution in [2.45, 2.75) is 43.9 Å². The van der Waals surface area contributed by atoms with Gasteiger partial charge in [0, 0.05) is 13.1 Å². The first-order valence-electron chi connectivity index (χ1n) is 7.41. The fourth-order valence-corrected chi connectivity index (χ4v) is 3.79. The molecule has 0 saturated carbocycles. The summed E-state index contributed by atoms with van der Waals surface area (Å²) in [6, 6.07) is 3.53. The SMILES string of the molecule is C[C@@H]1CN(C(=O)[C@@H](C)NS(=O)(=O)c2ccc(F)cc2)C[C@@H](C)O1. The van der Waals surface area contributed by atoms with Gasteiger partial charge in [0.2, 0.25) is 15.9 Å². The van der Waals surface area contributed by atoms with E-state index in [9.17, 15) is 17.6 Å². The van der Waals surface area contributed by atoms with Gasteiger partial charge in [0.25, 0.3) is 0 Å². The number of halogens is 1. The smallest absolute Gasteiger partial charge is 0.241 e. The molecule has 1 N–H and O–H groups in total. The Morgan fingerprint density at radius 3 is 2.30 bits per heavy atom. The molecule has 128 valence electrons. The van der Waals surface area contributed by atoms with Gasteiger partial charge in [0.1, 0.15) is 5.82 Å². The first kappa shape index (κ1) is 17.8. The van der Waals surface area contributed by atoms with Crippen molar-refractivity contribution in [2.75, 3.05) is 13.1 Å². The van der Waals surface area contributed by atoms with Crippen molar-refractivity contribution in [3.05, 3.63) is 30.1 Å². The first-order chi connectivity index (χ1) is 10.7. The average molecular weight is 344 g/mol. The number of nitrogens with zero attached hydrogens (tertiary/aromatic N) is 1. The maximum absolute atomic E-state index is 12.9. The van der Waals surface area contributed by atoms with Crippen LogP contribution in [0.2, 0.25) is 0 Å². The molecular weight excluding hydrogens is 323 g/mol. The van der Waals surface area contributed by atoms with Gasteiger partial charge in [-0.15, -0.1) is 0 Å². The summed E-state index contributed by atoms with van der Waals surface area (Å²) in [5, 5.41) is 0. The molecule has 0 aromatic heterocycles. The van der Waals surface area contributed by atoms with Crippen LogP contribution in [0.25, 0.3) is 0 Å². The molecule has 8 heteroatoms. The van der Waals surface area contributed by atoms with Crippen molar-refractivity contribution in [3.8, 4) is 0 Å². The van der Waals surface area contributed by atoms with Crippen molar-refractivity contribution in [1.29, 1.82) is 0 Å². The number of sulfonamides is 1. The Hall–Kier alpha value is -1.51. The van der Waals surface area contributed by atoms with Gasteiger partial charge in [0.15, 0.2) is 0 Å². The van der Waals surface area contributed by atoms with Gasteiger partial charge in [-0.25, -0.2) is 12.8 Å². The fourth-order valence-electron chi connectivity index (χ4n) is 2.60. The van der Waals surface area contributed by atoms with Crippen molar-refractivity contribution >= 4 is 15.9 Å². The summed E-state index contributed by atoms with van der Waals surface area (Å²) in [5.74, 6) is -0.831. The van der Waals surface area contributed by atoms with Crippen LogP contribution in [0.3, 0.4) is 0 Å². The van der Waals surface area contributed by atoms with Gasteiger partial charge >= 0.3 is 0 Å². The van der Waals surface area contributed by atoms with Gasteiger partial charge in [-0.3, -0.25) is 4.79 Å². The Kier molecular flexibility index (Phi) is 5.38. The van der Waals surface area contributed by atoms with Crippen LogP contribution in [0, 0.1) is 5.82 Å². The maximum Gasteiger partial charge on any atom is 0.241 e. The number of morpholine rings is 1. The minimum absolute atomic E-state index is 0.0812. The summed E-state index contributed by atoms with van der Waals surface area (Å²) in [6.07, 6.45) is -0.188. The van der Waals surface area contributed by atoms with Gasteiger partial charge in [-0.2, -0.15) is 4.72 Å².